The minimum Gasteiger partial charge on any atom is -0.480 e. The predicted octanol–water partition coefficient (Wildman–Crippen LogP) is 0.192. The highest BCUT2D eigenvalue weighted by Crippen LogP contribution is 2.24. The summed E-state index contributed by atoms with van der Waals surface area (Å²) in [5.74, 6) is -1.20. The van der Waals surface area contributed by atoms with E-state index in [1.54, 1.807) is 0 Å². The molecule has 0 unspecified atom stereocenters. The summed E-state index contributed by atoms with van der Waals surface area (Å²) in [5, 5.41) is 9.24. The zero-order chi connectivity index (χ0) is 13.2. The normalized spacial score (nSPS) is 19.6. The Hall–Kier alpha value is -1.38. The van der Waals surface area contributed by atoms with Crippen LogP contribution in [0, 0.1) is 0 Å². The van der Waals surface area contributed by atoms with Gasteiger partial charge in [0.15, 0.2) is 0 Å². The van der Waals surface area contributed by atoms with Crippen molar-refractivity contribution in [2.45, 2.75) is 23.3 Å². The lowest BCUT2D eigenvalue weighted by Gasteiger charge is -2.33. The van der Waals surface area contributed by atoms with E-state index in [1.165, 1.54) is 12.3 Å². The van der Waals surface area contributed by atoms with E-state index in [2.05, 4.69) is 4.72 Å². The van der Waals surface area contributed by atoms with Gasteiger partial charge in [-0.1, -0.05) is 0 Å². The van der Waals surface area contributed by atoms with Crippen LogP contribution in [0.15, 0.2) is 27.9 Å². The molecule has 1 aliphatic heterocycles. The van der Waals surface area contributed by atoms with Crippen molar-refractivity contribution in [3.63, 3.8) is 0 Å². The largest absolute Gasteiger partial charge is 0.480 e. The van der Waals surface area contributed by atoms with Gasteiger partial charge in [-0.15, -0.1) is 0 Å². The second kappa shape index (κ2) is 4.71. The molecule has 100 valence electrons. The molecule has 1 saturated heterocycles. The van der Waals surface area contributed by atoms with Gasteiger partial charge < -0.3 is 14.3 Å². The molecule has 0 amide bonds. The molecule has 2 rings (SSSR count). The van der Waals surface area contributed by atoms with E-state index in [4.69, 9.17) is 9.15 Å². The average molecular weight is 275 g/mol. The number of nitrogens with one attached hydrogen (secondary N) is 1. The van der Waals surface area contributed by atoms with Crippen molar-refractivity contribution in [3.05, 3.63) is 18.6 Å². The smallest absolute Gasteiger partial charge is 0.325 e. The summed E-state index contributed by atoms with van der Waals surface area (Å²) in [6.07, 6.45) is 2.46. The standard InChI is InChI=1S/C10H13NO6S/c12-9(13)10(2-5-16-6-3-10)11-18(14,15)8-1-4-17-7-8/h1,4,7,11H,2-3,5-6H2,(H,12,13). The molecule has 0 radical (unpaired) electrons. The maximum Gasteiger partial charge on any atom is 0.325 e. The van der Waals surface area contributed by atoms with Gasteiger partial charge in [-0.3, -0.25) is 4.79 Å². The summed E-state index contributed by atoms with van der Waals surface area (Å²) >= 11 is 0. The molecule has 0 atom stereocenters. The molecule has 1 aromatic rings. The van der Waals surface area contributed by atoms with Crippen molar-refractivity contribution < 1.29 is 27.5 Å². The van der Waals surface area contributed by atoms with E-state index < -0.39 is 21.5 Å². The minimum absolute atomic E-state index is 0.0883. The number of rotatable bonds is 4. The molecule has 8 heteroatoms. The summed E-state index contributed by atoms with van der Waals surface area (Å²) in [7, 11) is -3.90. The van der Waals surface area contributed by atoms with Crippen molar-refractivity contribution >= 4 is 16.0 Å². The molecule has 2 N–H and O–H groups in total. The second-order valence-corrected chi connectivity index (χ2v) is 5.75. The highest BCUT2D eigenvalue weighted by atomic mass is 32.2. The molecule has 0 spiro atoms. The fourth-order valence-corrected chi connectivity index (χ4v) is 3.14. The highest BCUT2D eigenvalue weighted by molar-refractivity contribution is 7.89. The molecule has 1 aromatic heterocycles. The van der Waals surface area contributed by atoms with Crippen LogP contribution in [0.1, 0.15) is 12.8 Å². The zero-order valence-corrected chi connectivity index (χ0v) is 10.3. The van der Waals surface area contributed by atoms with E-state index in [0.717, 1.165) is 6.26 Å². The van der Waals surface area contributed by atoms with Gasteiger partial charge in [-0.05, 0) is 6.07 Å². The third-order valence-electron chi connectivity index (χ3n) is 2.89. The van der Waals surface area contributed by atoms with Crippen molar-refractivity contribution in [2.24, 2.45) is 0 Å². The Balaban J connectivity index is 2.27. The Morgan fingerprint density at radius 1 is 1.39 bits per heavy atom. The first-order chi connectivity index (χ1) is 8.46. The minimum atomic E-state index is -3.90. The van der Waals surface area contributed by atoms with Crippen molar-refractivity contribution in [2.75, 3.05) is 13.2 Å². The maximum atomic E-state index is 12.0. The number of aliphatic carboxylic acids is 1. The third kappa shape index (κ3) is 2.40. The van der Waals surface area contributed by atoms with Gasteiger partial charge in [-0.2, -0.15) is 4.72 Å². The lowest BCUT2D eigenvalue weighted by molar-refractivity contribution is -0.147. The van der Waals surface area contributed by atoms with Gasteiger partial charge in [0, 0.05) is 26.1 Å². The first-order valence-electron chi connectivity index (χ1n) is 5.34. The molecule has 18 heavy (non-hydrogen) atoms. The molecular formula is C10H13NO6S. The first kappa shape index (κ1) is 13.1. The molecular weight excluding hydrogens is 262 g/mol. The van der Waals surface area contributed by atoms with E-state index in [-0.39, 0.29) is 31.0 Å². The van der Waals surface area contributed by atoms with Gasteiger partial charge in [0.1, 0.15) is 16.7 Å². The fraction of sp³-hybridized carbons (Fsp3) is 0.500. The molecule has 1 aliphatic rings. The highest BCUT2D eigenvalue weighted by Gasteiger charge is 2.44. The Morgan fingerprint density at radius 2 is 2.06 bits per heavy atom. The predicted molar refractivity (Wildman–Crippen MR) is 59.4 cm³/mol. The number of carbonyl (C=O) groups is 1. The lowest BCUT2D eigenvalue weighted by atomic mass is 9.92. The molecule has 0 bridgehead atoms. The van der Waals surface area contributed by atoms with Crippen molar-refractivity contribution in [1.29, 1.82) is 0 Å². The number of hydrogen-bond acceptors (Lipinski definition) is 5. The number of hydrogen-bond donors (Lipinski definition) is 2. The molecule has 1 fully saturated rings. The second-order valence-electron chi connectivity index (χ2n) is 4.06. The summed E-state index contributed by atoms with van der Waals surface area (Å²) in [5.41, 5.74) is -1.51. The van der Waals surface area contributed by atoms with E-state index in [0.29, 0.717) is 0 Å². The molecule has 0 aromatic carbocycles. The number of furan rings is 1. The van der Waals surface area contributed by atoms with E-state index in [1.807, 2.05) is 0 Å². The third-order valence-corrected chi connectivity index (χ3v) is 4.40. The first-order valence-corrected chi connectivity index (χ1v) is 6.82. The zero-order valence-electron chi connectivity index (χ0n) is 9.46. The average Bonchev–Trinajstić information content (AvgIpc) is 2.83. The summed E-state index contributed by atoms with van der Waals surface area (Å²) in [6.45, 7) is 0.417. The van der Waals surface area contributed by atoms with Crippen LogP contribution in [-0.4, -0.2) is 38.2 Å². The van der Waals surface area contributed by atoms with Gasteiger partial charge in [0.05, 0.1) is 6.26 Å². The van der Waals surface area contributed by atoms with Crippen LogP contribution in [0.4, 0.5) is 0 Å². The summed E-state index contributed by atoms with van der Waals surface area (Å²) < 4.78 is 36.0. The van der Waals surface area contributed by atoms with Crippen LogP contribution in [-0.2, 0) is 19.6 Å². The van der Waals surface area contributed by atoms with Gasteiger partial charge in [0.2, 0.25) is 10.0 Å². The van der Waals surface area contributed by atoms with Crippen LogP contribution in [0.2, 0.25) is 0 Å². The van der Waals surface area contributed by atoms with Crippen LogP contribution >= 0.6 is 0 Å². The van der Waals surface area contributed by atoms with Crippen LogP contribution in [0.3, 0.4) is 0 Å². The Bertz CT molecular complexity index is 515. The maximum absolute atomic E-state index is 12.0. The topological polar surface area (TPSA) is 106 Å². The molecule has 2 heterocycles. The van der Waals surface area contributed by atoms with Crippen LogP contribution < -0.4 is 4.72 Å². The van der Waals surface area contributed by atoms with Crippen LogP contribution in [0.25, 0.3) is 0 Å². The summed E-state index contributed by atoms with van der Waals surface area (Å²) in [4.78, 5) is 11.2. The fourth-order valence-electron chi connectivity index (χ4n) is 1.80. The lowest BCUT2D eigenvalue weighted by Crippen LogP contribution is -2.57. The number of carboxylic acids is 1. The van der Waals surface area contributed by atoms with Gasteiger partial charge >= 0.3 is 5.97 Å². The molecule has 0 saturated carbocycles. The quantitative estimate of drug-likeness (QED) is 0.812. The summed E-state index contributed by atoms with van der Waals surface area (Å²) in [6, 6.07) is 1.26. The van der Waals surface area contributed by atoms with Crippen molar-refractivity contribution in [3.8, 4) is 0 Å². The Kier molecular flexibility index (Phi) is 3.42. The van der Waals surface area contributed by atoms with Crippen molar-refractivity contribution in [1.82, 2.24) is 4.72 Å². The monoisotopic (exact) mass is 275 g/mol. The number of carboxylic acid groups (broad SMARTS) is 1. The SMILES string of the molecule is O=C(O)C1(NS(=O)(=O)c2ccoc2)CCOCC1. The number of sulfonamides is 1. The van der Waals surface area contributed by atoms with Gasteiger partial charge in [-0.25, -0.2) is 8.42 Å². The Labute approximate surface area is 104 Å². The molecule has 0 aliphatic carbocycles. The van der Waals surface area contributed by atoms with Gasteiger partial charge in [0.25, 0.3) is 0 Å². The van der Waals surface area contributed by atoms with Crippen LogP contribution in [0.5, 0.6) is 0 Å². The Morgan fingerprint density at radius 3 is 2.56 bits per heavy atom. The van der Waals surface area contributed by atoms with E-state index >= 15 is 0 Å². The molecule has 7 nitrogen and oxygen atoms in total. The number of ether oxygens (including phenoxy) is 1. The van der Waals surface area contributed by atoms with E-state index in [9.17, 15) is 18.3 Å².